The van der Waals surface area contributed by atoms with Crippen molar-refractivity contribution in [3.8, 4) is 0 Å². The third-order valence-electron chi connectivity index (χ3n) is 5.19. The molecule has 3 heterocycles. The number of fused-ring (bicyclic) bond motifs is 6. The van der Waals surface area contributed by atoms with Crippen LogP contribution in [0, 0.1) is 5.82 Å². The zero-order valence-electron chi connectivity index (χ0n) is 13.4. The van der Waals surface area contributed by atoms with Gasteiger partial charge in [0, 0.05) is 33.2 Å². The number of aromatic nitrogens is 1. The van der Waals surface area contributed by atoms with E-state index in [1.165, 1.54) is 12.1 Å². The standard InChI is InChI=1S/C19H15ClFN3O/c1-9-6-13-12-8-11(21)3-5-15(12)22-17(13)19(24-9)14-7-10(20)2-4-16(14)23-18(19)25/h2-5,7-9,22,24H,6H2,1H3,(H,23,25)/t9-,19+/m1/s1. The topological polar surface area (TPSA) is 56.9 Å². The Balaban J connectivity index is 1.87. The smallest absolute Gasteiger partial charge is 0.255 e. The first-order valence-electron chi connectivity index (χ1n) is 8.19. The first-order chi connectivity index (χ1) is 12.0. The summed E-state index contributed by atoms with van der Waals surface area (Å²) in [5, 5.41) is 7.80. The molecule has 0 radical (unpaired) electrons. The number of carbonyl (C=O) groups is 1. The molecule has 126 valence electrons. The molecule has 1 amide bonds. The van der Waals surface area contributed by atoms with Crippen LogP contribution in [0.1, 0.15) is 23.7 Å². The summed E-state index contributed by atoms with van der Waals surface area (Å²) in [6.45, 7) is 2.03. The van der Waals surface area contributed by atoms with Gasteiger partial charge < -0.3 is 10.3 Å². The zero-order chi connectivity index (χ0) is 17.3. The van der Waals surface area contributed by atoms with E-state index in [0.717, 1.165) is 33.4 Å². The molecule has 2 aliphatic rings. The maximum Gasteiger partial charge on any atom is 0.255 e. The Labute approximate surface area is 148 Å². The average Bonchev–Trinajstić information content (AvgIpc) is 3.05. The highest BCUT2D eigenvalue weighted by Crippen LogP contribution is 2.46. The quantitative estimate of drug-likeness (QED) is 0.576. The minimum atomic E-state index is -1.04. The van der Waals surface area contributed by atoms with Crippen molar-refractivity contribution in [2.45, 2.75) is 24.9 Å². The van der Waals surface area contributed by atoms with Crippen LogP contribution in [0.3, 0.4) is 0 Å². The monoisotopic (exact) mass is 355 g/mol. The molecule has 2 atom stereocenters. The Kier molecular flexibility index (Phi) is 2.89. The molecule has 0 unspecified atom stereocenters. The number of hydrogen-bond donors (Lipinski definition) is 3. The summed E-state index contributed by atoms with van der Waals surface area (Å²) < 4.78 is 13.8. The summed E-state index contributed by atoms with van der Waals surface area (Å²) in [7, 11) is 0. The Hall–Kier alpha value is -2.37. The summed E-state index contributed by atoms with van der Waals surface area (Å²) in [6.07, 6.45) is 0.712. The summed E-state index contributed by atoms with van der Waals surface area (Å²) in [5.74, 6) is -0.432. The fourth-order valence-corrected chi connectivity index (χ4v) is 4.39. The molecule has 0 fully saturated rings. The van der Waals surface area contributed by atoms with Crippen LogP contribution in [0.4, 0.5) is 10.1 Å². The van der Waals surface area contributed by atoms with E-state index in [9.17, 15) is 9.18 Å². The van der Waals surface area contributed by atoms with Gasteiger partial charge in [-0.15, -0.1) is 0 Å². The number of rotatable bonds is 0. The summed E-state index contributed by atoms with van der Waals surface area (Å²) in [4.78, 5) is 16.4. The molecule has 6 heteroatoms. The van der Waals surface area contributed by atoms with Crippen LogP contribution < -0.4 is 10.6 Å². The third-order valence-corrected chi connectivity index (χ3v) is 5.43. The minimum Gasteiger partial charge on any atom is -0.356 e. The summed E-state index contributed by atoms with van der Waals surface area (Å²) >= 11 is 6.21. The Morgan fingerprint density at radius 2 is 2.08 bits per heavy atom. The van der Waals surface area contributed by atoms with Gasteiger partial charge in [-0.1, -0.05) is 11.6 Å². The molecule has 3 N–H and O–H groups in total. The van der Waals surface area contributed by atoms with Crippen LogP contribution >= 0.6 is 11.6 Å². The number of amides is 1. The number of nitrogens with one attached hydrogen (secondary N) is 3. The number of H-pyrrole nitrogens is 1. The number of carbonyl (C=O) groups excluding carboxylic acids is 1. The molecule has 0 aliphatic carbocycles. The Morgan fingerprint density at radius 3 is 2.92 bits per heavy atom. The summed E-state index contributed by atoms with van der Waals surface area (Å²) in [5.41, 5.74) is 3.07. The SMILES string of the molecule is C[C@@H]1Cc2c([nH]c3ccc(F)cc23)[C@]2(N1)C(=O)Nc1ccc(Cl)cc12. The number of halogens is 2. The van der Waals surface area contributed by atoms with Crippen molar-refractivity contribution < 1.29 is 9.18 Å². The first-order valence-corrected chi connectivity index (χ1v) is 8.56. The van der Waals surface area contributed by atoms with Crippen LogP contribution in [0.5, 0.6) is 0 Å². The fraction of sp³-hybridized carbons (Fsp3) is 0.211. The second-order valence-corrected chi connectivity index (χ2v) is 7.25. The lowest BCUT2D eigenvalue weighted by Gasteiger charge is -2.37. The highest BCUT2D eigenvalue weighted by Gasteiger charge is 2.53. The number of aromatic amines is 1. The van der Waals surface area contributed by atoms with Crippen LogP contribution in [-0.4, -0.2) is 16.9 Å². The van der Waals surface area contributed by atoms with Crippen LogP contribution in [0.15, 0.2) is 36.4 Å². The largest absolute Gasteiger partial charge is 0.356 e. The van der Waals surface area contributed by atoms with Crippen molar-refractivity contribution in [2.24, 2.45) is 0 Å². The van der Waals surface area contributed by atoms with Gasteiger partial charge in [0.1, 0.15) is 5.82 Å². The lowest BCUT2D eigenvalue weighted by Crippen LogP contribution is -2.56. The van der Waals surface area contributed by atoms with E-state index in [4.69, 9.17) is 11.6 Å². The van der Waals surface area contributed by atoms with Crippen molar-refractivity contribution in [3.05, 3.63) is 64.1 Å². The highest BCUT2D eigenvalue weighted by atomic mass is 35.5. The fourth-order valence-electron chi connectivity index (χ4n) is 4.22. The Bertz CT molecular complexity index is 1060. The molecule has 25 heavy (non-hydrogen) atoms. The van der Waals surface area contributed by atoms with E-state index in [1.54, 1.807) is 12.1 Å². The van der Waals surface area contributed by atoms with Crippen molar-refractivity contribution in [2.75, 3.05) is 5.32 Å². The molecule has 3 aromatic rings. The number of anilines is 1. The molecular weight excluding hydrogens is 341 g/mol. The molecule has 0 bridgehead atoms. The second-order valence-electron chi connectivity index (χ2n) is 6.81. The Morgan fingerprint density at radius 1 is 1.24 bits per heavy atom. The van der Waals surface area contributed by atoms with Gasteiger partial charge in [0.2, 0.25) is 0 Å². The normalized spacial score (nSPS) is 24.4. The third kappa shape index (κ3) is 1.88. The predicted molar refractivity (Wildman–Crippen MR) is 95.4 cm³/mol. The van der Waals surface area contributed by atoms with Crippen LogP contribution in [0.2, 0.25) is 5.02 Å². The van der Waals surface area contributed by atoms with Gasteiger partial charge in [-0.25, -0.2) is 4.39 Å². The molecule has 4 nitrogen and oxygen atoms in total. The van der Waals surface area contributed by atoms with Gasteiger partial charge in [0.15, 0.2) is 5.54 Å². The van der Waals surface area contributed by atoms with E-state index >= 15 is 0 Å². The van der Waals surface area contributed by atoms with E-state index in [1.807, 2.05) is 19.1 Å². The molecule has 1 spiro atoms. The van der Waals surface area contributed by atoms with E-state index in [0.29, 0.717) is 11.4 Å². The highest BCUT2D eigenvalue weighted by molar-refractivity contribution is 6.31. The van der Waals surface area contributed by atoms with E-state index in [2.05, 4.69) is 15.6 Å². The molecule has 0 saturated heterocycles. The van der Waals surface area contributed by atoms with Gasteiger partial charge in [-0.05, 0) is 55.3 Å². The van der Waals surface area contributed by atoms with Crippen molar-refractivity contribution in [1.82, 2.24) is 10.3 Å². The predicted octanol–water partition coefficient (Wildman–Crippen LogP) is 3.69. The van der Waals surface area contributed by atoms with E-state index < -0.39 is 5.54 Å². The maximum absolute atomic E-state index is 13.8. The van der Waals surface area contributed by atoms with Crippen LogP contribution in [0.25, 0.3) is 10.9 Å². The molecule has 0 saturated carbocycles. The molecule has 2 aromatic carbocycles. The molecular formula is C19H15ClFN3O. The first kappa shape index (κ1) is 14.9. The molecule has 2 aliphatic heterocycles. The van der Waals surface area contributed by atoms with Crippen molar-refractivity contribution in [3.63, 3.8) is 0 Å². The van der Waals surface area contributed by atoms with Crippen molar-refractivity contribution >= 4 is 34.1 Å². The van der Waals surface area contributed by atoms with Gasteiger partial charge in [0.25, 0.3) is 5.91 Å². The van der Waals surface area contributed by atoms with E-state index in [-0.39, 0.29) is 17.8 Å². The van der Waals surface area contributed by atoms with Crippen LogP contribution in [-0.2, 0) is 16.8 Å². The lowest BCUT2D eigenvalue weighted by atomic mass is 9.80. The van der Waals surface area contributed by atoms with Gasteiger partial charge >= 0.3 is 0 Å². The second kappa shape index (κ2) is 4.84. The number of hydrogen-bond acceptors (Lipinski definition) is 2. The number of benzene rings is 2. The van der Waals surface area contributed by atoms with Gasteiger partial charge in [0.05, 0.1) is 5.69 Å². The lowest BCUT2D eigenvalue weighted by molar-refractivity contribution is -0.121. The molecule has 5 rings (SSSR count). The molecule has 1 aromatic heterocycles. The zero-order valence-corrected chi connectivity index (χ0v) is 14.2. The summed E-state index contributed by atoms with van der Waals surface area (Å²) in [6, 6.07) is 10.1. The van der Waals surface area contributed by atoms with Gasteiger partial charge in [-0.2, -0.15) is 0 Å². The minimum absolute atomic E-state index is 0.0467. The van der Waals surface area contributed by atoms with Gasteiger partial charge in [-0.3, -0.25) is 10.1 Å². The van der Waals surface area contributed by atoms with Crippen molar-refractivity contribution in [1.29, 1.82) is 0 Å². The average molecular weight is 356 g/mol. The maximum atomic E-state index is 13.8.